The molecule has 0 saturated carbocycles. The molecule has 0 bridgehead atoms. The molecule has 1 aliphatic heterocycles. The second kappa shape index (κ2) is 5.54. The van der Waals surface area contributed by atoms with E-state index < -0.39 is 11.5 Å². The van der Waals surface area contributed by atoms with Crippen LogP contribution in [0.25, 0.3) is 10.6 Å². The van der Waals surface area contributed by atoms with Crippen LogP contribution in [-0.2, 0) is 10.4 Å². The van der Waals surface area contributed by atoms with Crippen molar-refractivity contribution in [3.8, 4) is 10.6 Å². The van der Waals surface area contributed by atoms with E-state index >= 15 is 0 Å². The highest BCUT2D eigenvalue weighted by atomic mass is 35.5. The molecule has 1 aromatic carbocycles. The van der Waals surface area contributed by atoms with Gasteiger partial charge in [0, 0.05) is 5.56 Å². The molecule has 0 radical (unpaired) electrons. The van der Waals surface area contributed by atoms with Crippen molar-refractivity contribution < 1.29 is 9.90 Å². The van der Waals surface area contributed by atoms with Crippen LogP contribution >= 0.6 is 34.3 Å². The van der Waals surface area contributed by atoms with Crippen molar-refractivity contribution in [2.75, 3.05) is 11.1 Å². The molecule has 1 aliphatic rings. The summed E-state index contributed by atoms with van der Waals surface area (Å²) in [4.78, 5) is 18.3. The number of nitrogen functional groups attached to an aromatic ring is 1. The van der Waals surface area contributed by atoms with Crippen LogP contribution in [0.4, 0.5) is 10.8 Å². The number of thiophene rings is 1. The van der Waals surface area contributed by atoms with Gasteiger partial charge < -0.3 is 16.2 Å². The molecule has 3 heterocycles. The van der Waals surface area contributed by atoms with E-state index in [0.717, 1.165) is 27.3 Å². The summed E-state index contributed by atoms with van der Waals surface area (Å²) in [6, 6.07) is 7.23. The summed E-state index contributed by atoms with van der Waals surface area (Å²) in [6.45, 7) is 3.88. The number of amides is 1. The quantitative estimate of drug-likeness (QED) is 0.617. The number of carbonyl (C=O) groups excluding carboxylic acids is 1. The number of hydrogen-bond donors (Lipinski definition) is 3. The van der Waals surface area contributed by atoms with Crippen molar-refractivity contribution in [2.24, 2.45) is 0 Å². The Morgan fingerprint density at radius 2 is 2.00 bits per heavy atom. The molecule has 8 heteroatoms. The first kappa shape index (κ1) is 16.5. The SMILES string of the molecule is Cc1ccc2c(c1C)NC(=O)[C@@]2(O)c1sc(N)nc1-c1ccc(Cl)s1. The number of thiazole rings is 1. The molecular weight excluding hydrogens is 378 g/mol. The van der Waals surface area contributed by atoms with Gasteiger partial charge in [0.1, 0.15) is 5.69 Å². The maximum Gasteiger partial charge on any atom is 0.266 e. The number of rotatable bonds is 2. The molecule has 0 unspecified atom stereocenters. The number of nitrogens with two attached hydrogens (primary N) is 1. The third kappa shape index (κ3) is 2.31. The Bertz CT molecular complexity index is 1030. The number of nitrogens with one attached hydrogen (secondary N) is 1. The number of anilines is 2. The fourth-order valence-electron chi connectivity index (χ4n) is 3.02. The van der Waals surface area contributed by atoms with Crippen LogP contribution < -0.4 is 11.1 Å². The maximum absolute atomic E-state index is 12.8. The van der Waals surface area contributed by atoms with Gasteiger partial charge in [0.25, 0.3) is 5.91 Å². The average Bonchev–Trinajstić information content (AvgIpc) is 3.22. The second-order valence-corrected chi connectivity index (χ2v) is 8.67. The van der Waals surface area contributed by atoms with Gasteiger partial charge in [-0.2, -0.15) is 0 Å². The van der Waals surface area contributed by atoms with Crippen LogP contribution in [0, 0.1) is 13.8 Å². The molecule has 2 aromatic heterocycles. The molecule has 0 fully saturated rings. The molecule has 1 atom stereocenters. The molecule has 4 N–H and O–H groups in total. The standard InChI is InChI=1S/C17H14ClN3O2S2/c1-7-3-4-9-12(8(7)2)20-15(22)17(9,23)14-13(21-16(19)25-14)10-5-6-11(18)24-10/h3-6,23H,1-2H3,(H2,19,21)(H,20,22)/t17-/m0/s1. The highest BCUT2D eigenvalue weighted by Gasteiger charge is 2.50. The topological polar surface area (TPSA) is 88.2 Å². The number of hydrogen-bond acceptors (Lipinski definition) is 6. The lowest BCUT2D eigenvalue weighted by atomic mass is 9.90. The molecule has 128 valence electrons. The Hall–Kier alpha value is -1.93. The van der Waals surface area contributed by atoms with Gasteiger partial charge in [-0.25, -0.2) is 4.98 Å². The van der Waals surface area contributed by atoms with Gasteiger partial charge in [0.05, 0.1) is 19.8 Å². The summed E-state index contributed by atoms with van der Waals surface area (Å²) < 4.78 is 0.599. The zero-order valence-corrected chi connectivity index (χ0v) is 15.8. The first-order valence-electron chi connectivity index (χ1n) is 7.49. The van der Waals surface area contributed by atoms with Crippen molar-refractivity contribution in [3.63, 3.8) is 0 Å². The zero-order chi connectivity index (χ0) is 17.9. The first-order valence-corrected chi connectivity index (χ1v) is 9.50. The molecule has 3 aromatic rings. The molecule has 0 saturated heterocycles. The van der Waals surface area contributed by atoms with Gasteiger partial charge >= 0.3 is 0 Å². The minimum atomic E-state index is -1.82. The van der Waals surface area contributed by atoms with E-state index in [9.17, 15) is 9.90 Å². The number of halogens is 1. The summed E-state index contributed by atoms with van der Waals surface area (Å²) >= 11 is 8.47. The summed E-state index contributed by atoms with van der Waals surface area (Å²) in [6.07, 6.45) is 0. The van der Waals surface area contributed by atoms with E-state index in [1.165, 1.54) is 11.3 Å². The Morgan fingerprint density at radius 1 is 1.24 bits per heavy atom. The van der Waals surface area contributed by atoms with Crippen LogP contribution in [-0.4, -0.2) is 16.0 Å². The fraction of sp³-hybridized carbons (Fsp3) is 0.176. The number of aryl methyl sites for hydroxylation is 1. The van der Waals surface area contributed by atoms with Crippen LogP contribution in [0.15, 0.2) is 24.3 Å². The second-order valence-electron chi connectivity index (χ2n) is 5.93. The first-order chi connectivity index (χ1) is 11.8. The Labute approximate surface area is 157 Å². The number of aromatic nitrogens is 1. The van der Waals surface area contributed by atoms with Gasteiger partial charge in [-0.1, -0.05) is 35.1 Å². The summed E-state index contributed by atoms with van der Waals surface area (Å²) in [5, 5.41) is 14.5. The van der Waals surface area contributed by atoms with E-state index in [1.807, 2.05) is 26.0 Å². The Morgan fingerprint density at radius 3 is 2.68 bits per heavy atom. The largest absolute Gasteiger partial charge is 0.375 e. The Balaban J connectivity index is 1.97. The normalized spacial score (nSPS) is 19.1. The summed E-state index contributed by atoms with van der Waals surface area (Å²) in [5.74, 6) is -0.497. The highest BCUT2D eigenvalue weighted by molar-refractivity contribution is 7.20. The minimum Gasteiger partial charge on any atom is -0.375 e. The van der Waals surface area contributed by atoms with E-state index in [2.05, 4.69) is 10.3 Å². The maximum atomic E-state index is 12.8. The van der Waals surface area contributed by atoms with E-state index in [-0.39, 0.29) is 5.13 Å². The minimum absolute atomic E-state index is 0.285. The van der Waals surface area contributed by atoms with Gasteiger partial charge in [0.2, 0.25) is 5.60 Å². The van der Waals surface area contributed by atoms with Crippen molar-refractivity contribution in [1.29, 1.82) is 0 Å². The van der Waals surface area contributed by atoms with Crippen LogP contribution in [0.1, 0.15) is 21.6 Å². The fourth-order valence-corrected chi connectivity index (χ4v) is 5.07. The third-order valence-corrected chi connectivity index (χ3v) is 6.70. The number of fused-ring (bicyclic) bond motifs is 1. The van der Waals surface area contributed by atoms with Crippen molar-refractivity contribution in [2.45, 2.75) is 19.4 Å². The van der Waals surface area contributed by atoms with E-state index in [0.29, 0.717) is 26.2 Å². The lowest BCUT2D eigenvalue weighted by Gasteiger charge is -2.20. The van der Waals surface area contributed by atoms with Crippen LogP contribution in [0.3, 0.4) is 0 Å². The predicted molar refractivity (Wildman–Crippen MR) is 102 cm³/mol. The van der Waals surface area contributed by atoms with Gasteiger partial charge in [-0.3, -0.25) is 4.79 Å². The number of nitrogens with zero attached hydrogens (tertiary/aromatic N) is 1. The highest BCUT2D eigenvalue weighted by Crippen LogP contribution is 2.49. The zero-order valence-electron chi connectivity index (χ0n) is 13.4. The summed E-state index contributed by atoms with van der Waals surface area (Å²) in [5.41, 5.74) is 7.71. The monoisotopic (exact) mass is 391 g/mol. The molecule has 0 spiro atoms. The lowest BCUT2D eigenvalue weighted by Crippen LogP contribution is -2.35. The van der Waals surface area contributed by atoms with Crippen LogP contribution in [0.2, 0.25) is 4.34 Å². The molecule has 5 nitrogen and oxygen atoms in total. The lowest BCUT2D eigenvalue weighted by molar-refractivity contribution is -0.129. The Kier molecular flexibility index (Phi) is 3.66. The van der Waals surface area contributed by atoms with Crippen molar-refractivity contribution in [3.05, 3.63) is 50.2 Å². The summed E-state index contributed by atoms with van der Waals surface area (Å²) in [7, 11) is 0. The van der Waals surface area contributed by atoms with E-state index in [1.54, 1.807) is 12.1 Å². The van der Waals surface area contributed by atoms with Gasteiger partial charge in [-0.05, 0) is 37.1 Å². The predicted octanol–water partition coefficient (Wildman–Crippen LogP) is 3.91. The molecule has 0 aliphatic carbocycles. The smallest absolute Gasteiger partial charge is 0.266 e. The third-order valence-electron chi connectivity index (χ3n) is 4.47. The van der Waals surface area contributed by atoms with Gasteiger partial charge in [-0.15, -0.1) is 11.3 Å². The molecule has 4 rings (SSSR count). The number of benzene rings is 1. The molecule has 1 amide bonds. The van der Waals surface area contributed by atoms with Crippen molar-refractivity contribution in [1.82, 2.24) is 4.98 Å². The van der Waals surface area contributed by atoms with Crippen molar-refractivity contribution >= 4 is 51.0 Å². The molecule has 25 heavy (non-hydrogen) atoms. The van der Waals surface area contributed by atoms with Gasteiger partial charge in [0.15, 0.2) is 5.13 Å². The van der Waals surface area contributed by atoms with E-state index in [4.69, 9.17) is 17.3 Å². The number of carbonyl (C=O) groups is 1. The average molecular weight is 392 g/mol. The molecular formula is C17H14ClN3O2S2. The number of aliphatic hydroxyl groups is 1. The van der Waals surface area contributed by atoms with Crippen LogP contribution in [0.5, 0.6) is 0 Å².